The zero-order valence-electron chi connectivity index (χ0n) is 23.3. The van der Waals surface area contributed by atoms with Gasteiger partial charge in [-0.2, -0.15) is 15.2 Å². The fourth-order valence-electron chi connectivity index (χ4n) is 6.92. The van der Waals surface area contributed by atoms with Crippen LogP contribution in [0.5, 0.6) is 6.01 Å². The fourth-order valence-corrected chi connectivity index (χ4v) is 7.15. The van der Waals surface area contributed by atoms with Gasteiger partial charge in [0.05, 0.1) is 24.2 Å². The number of hydrogen-bond donors (Lipinski definition) is 0. The van der Waals surface area contributed by atoms with Gasteiger partial charge in [0.1, 0.15) is 12.4 Å². The number of nitriles is 1. The van der Waals surface area contributed by atoms with Crippen LogP contribution in [0.3, 0.4) is 0 Å². The van der Waals surface area contributed by atoms with Crippen molar-refractivity contribution < 1.29 is 13.9 Å². The Bertz CT molecular complexity index is 1460. The van der Waals surface area contributed by atoms with Crippen molar-refractivity contribution >= 4 is 29.4 Å². The molecule has 10 heteroatoms. The Morgan fingerprint density at radius 3 is 2.90 bits per heavy atom. The lowest BCUT2D eigenvalue weighted by atomic mass is 9.70. The lowest BCUT2D eigenvalue weighted by Gasteiger charge is -2.42. The molecule has 8 nitrogen and oxygen atoms in total. The molecule has 2 saturated heterocycles. The number of fused-ring (bicyclic) bond motifs is 3. The summed E-state index contributed by atoms with van der Waals surface area (Å²) in [5.41, 5.74) is 4.11. The summed E-state index contributed by atoms with van der Waals surface area (Å²) in [6.07, 6.45) is 9.04. The van der Waals surface area contributed by atoms with Gasteiger partial charge in [0.25, 0.3) is 5.91 Å². The summed E-state index contributed by atoms with van der Waals surface area (Å²) >= 11 is 6.55. The number of amides is 1. The standard InChI is InChI=1S/C31H34ClFN6O2/c1-20(33)29(40)39-16-15-38(18-21(39)10-13-34)28-24-9-12-31(11-8-23-25(31)6-3-7-26(23)32)17-27(24)35-30(36-28)41-19-22-5-4-14-37(22)2/h3,6-8,11,21-22H,1,4-5,9-10,12,14-19H2,2H3/t21-,22-,31?/m0/s1. The number of aromatic nitrogens is 2. The van der Waals surface area contributed by atoms with E-state index < -0.39 is 17.8 Å². The van der Waals surface area contributed by atoms with Crippen LogP contribution in [0.15, 0.2) is 36.7 Å². The smallest absolute Gasteiger partial charge is 0.318 e. The molecule has 2 aliphatic carbocycles. The molecule has 3 heterocycles. The summed E-state index contributed by atoms with van der Waals surface area (Å²) in [6.45, 7) is 5.83. The topological polar surface area (TPSA) is 85.6 Å². The number of benzene rings is 1. The van der Waals surface area contributed by atoms with Gasteiger partial charge in [0, 0.05) is 48.1 Å². The predicted molar refractivity (Wildman–Crippen MR) is 156 cm³/mol. The van der Waals surface area contributed by atoms with E-state index >= 15 is 0 Å². The second kappa shape index (κ2) is 11.1. The van der Waals surface area contributed by atoms with Crippen molar-refractivity contribution in [2.24, 2.45) is 0 Å². The summed E-state index contributed by atoms with van der Waals surface area (Å²) in [5, 5.41) is 10.2. The molecule has 0 radical (unpaired) electrons. The molecule has 1 spiro atoms. The quantitative estimate of drug-likeness (QED) is 0.469. The minimum Gasteiger partial charge on any atom is -0.462 e. The van der Waals surface area contributed by atoms with Crippen molar-refractivity contribution in [1.82, 2.24) is 19.8 Å². The molecular formula is C31H34ClFN6O2. The molecule has 0 saturated carbocycles. The Morgan fingerprint density at radius 1 is 1.29 bits per heavy atom. The molecule has 2 fully saturated rings. The molecule has 2 aromatic rings. The summed E-state index contributed by atoms with van der Waals surface area (Å²) < 4.78 is 20.0. The van der Waals surface area contributed by atoms with Crippen LogP contribution in [-0.4, -0.2) is 77.6 Å². The maximum Gasteiger partial charge on any atom is 0.318 e. The fraction of sp³-hybridized carbons (Fsp3) is 0.484. The lowest BCUT2D eigenvalue weighted by molar-refractivity contribution is -0.131. The average molecular weight is 577 g/mol. The SMILES string of the molecule is C=C(F)C(=O)N1CCN(c2nc(OC[C@@H]3CCCN3C)nc3c2CCC2(C=Cc4c(Cl)cccc42)C3)C[C@@H]1CC#N. The molecule has 2 aliphatic heterocycles. The van der Waals surface area contributed by atoms with Gasteiger partial charge in [-0.25, -0.2) is 4.39 Å². The van der Waals surface area contributed by atoms with Crippen LogP contribution in [0.1, 0.15) is 48.1 Å². The number of hydrogen-bond acceptors (Lipinski definition) is 7. The van der Waals surface area contributed by atoms with Gasteiger partial charge in [-0.3, -0.25) is 4.79 Å². The normalized spacial score (nSPS) is 25.2. The van der Waals surface area contributed by atoms with Gasteiger partial charge in [0.15, 0.2) is 5.83 Å². The highest BCUT2D eigenvalue weighted by atomic mass is 35.5. The number of likely N-dealkylation sites (tertiary alicyclic amines) is 1. The van der Waals surface area contributed by atoms with Crippen molar-refractivity contribution in [2.45, 2.75) is 56.0 Å². The Hall–Kier alpha value is -3.48. The van der Waals surface area contributed by atoms with Crippen LogP contribution in [-0.2, 0) is 23.1 Å². The second-order valence-corrected chi connectivity index (χ2v) is 12.0. The van der Waals surface area contributed by atoms with E-state index in [0.717, 1.165) is 59.9 Å². The molecule has 3 atom stereocenters. The van der Waals surface area contributed by atoms with Crippen LogP contribution in [0.2, 0.25) is 5.02 Å². The van der Waals surface area contributed by atoms with Gasteiger partial charge in [-0.1, -0.05) is 42.5 Å². The summed E-state index contributed by atoms with van der Waals surface area (Å²) in [7, 11) is 2.11. The molecular weight excluding hydrogens is 543 g/mol. The van der Waals surface area contributed by atoms with Gasteiger partial charge in [-0.05, 0) is 56.5 Å². The zero-order chi connectivity index (χ0) is 28.7. The van der Waals surface area contributed by atoms with Gasteiger partial charge in [0.2, 0.25) is 0 Å². The maximum absolute atomic E-state index is 13.8. The Labute approximate surface area is 245 Å². The molecule has 1 aromatic carbocycles. The number of carbonyl (C=O) groups is 1. The number of allylic oxidation sites excluding steroid dienone is 1. The summed E-state index contributed by atoms with van der Waals surface area (Å²) in [5.74, 6) is -0.989. The van der Waals surface area contributed by atoms with E-state index in [0.29, 0.717) is 38.2 Å². The van der Waals surface area contributed by atoms with Crippen molar-refractivity contribution in [3.05, 3.63) is 64.1 Å². The number of anilines is 1. The van der Waals surface area contributed by atoms with E-state index in [9.17, 15) is 14.4 Å². The molecule has 1 amide bonds. The first kappa shape index (κ1) is 27.7. The monoisotopic (exact) mass is 576 g/mol. The molecule has 0 bridgehead atoms. The first-order valence-corrected chi connectivity index (χ1v) is 14.7. The molecule has 1 aromatic heterocycles. The molecule has 4 aliphatic rings. The average Bonchev–Trinajstić information content (AvgIpc) is 3.54. The van der Waals surface area contributed by atoms with E-state index in [4.69, 9.17) is 26.3 Å². The molecule has 1 unspecified atom stereocenters. The van der Waals surface area contributed by atoms with Gasteiger partial charge in [-0.15, -0.1) is 0 Å². The molecule has 41 heavy (non-hydrogen) atoms. The zero-order valence-corrected chi connectivity index (χ0v) is 24.0. The third-order valence-electron chi connectivity index (χ3n) is 9.19. The lowest BCUT2D eigenvalue weighted by Crippen LogP contribution is -2.55. The van der Waals surface area contributed by atoms with E-state index in [1.165, 1.54) is 10.5 Å². The highest BCUT2D eigenvalue weighted by molar-refractivity contribution is 6.32. The molecule has 0 N–H and O–H groups in total. The number of carbonyl (C=O) groups excluding carboxylic acids is 1. The number of halogens is 2. The van der Waals surface area contributed by atoms with Crippen molar-refractivity contribution in [3.63, 3.8) is 0 Å². The van der Waals surface area contributed by atoms with E-state index in [2.05, 4.69) is 47.7 Å². The summed E-state index contributed by atoms with van der Waals surface area (Å²) in [6, 6.07) is 8.43. The third-order valence-corrected chi connectivity index (χ3v) is 9.52. The Balaban J connectivity index is 1.34. The summed E-state index contributed by atoms with van der Waals surface area (Å²) in [4.78, 5) is 28.2. The highest BCUT2D eigenvalue weighted by Gasteiger charge is 2.42. The van der Waals surface area contributed by atoms with Crippen LogP contribution >= 0.6 is 11.6 Å². The Morgan fingerprint density at radius 2 is 2.15 bits per heavy atom. The van der Waals surface area contributed by atoms with Crippen LogP contribution in [0.25, 0.3) is 6.08 Å². The first-order chi connectivity index (χ1) is 19.8. The number of rotatable bonds is 6. The number of piperazine rings is 1. The van der Waals surface area contributed by atoms with Gasteiger partial charge < -0.3 is 19.4 Å². The predicted octanol–water partition coefficient (Wildman–Crippen LogP) is 4.47. The van der Waals surface area contributed by atoms with Crippen LogP contribution in [0, 0.1) is 11.3 Å². The Kier molecular flexibility index (Phi) is 7.47. The van der Waals surface area contributed by atoms with E-state index in [1.807, 2.05) is 12.1 Å². The minimum atomic E-state index is -1.01. The van der Waals surface area contributed by atoms with Crippen molar-refractivity contribution in [3.8, 4) is 12.1 Å². The molecule has 6 rings (SSSR count). The van der Waals surface area contributed by atoms with Crippen LogP contribution < -0.4 is 9.64 Å². The van der Waals surface area contributed by atoms with Crippen molar-refractivity contribution in [2.75, 3.05) is 44.7 Å². The number of nitrogens with zero attached hydrogens (tertiary/aromatic N) is 6. The van der Waals surface area contributed by atoms with Crippen LogP contribution in [0.4, 0.5) is 10.2 Å². The first-order valence-electron chi connectivity index (χ1n) is 14.3. The largest absolute Gasteiger partial charge is 0.462 e. The van der Waals surface area contributed by atoms with Gasteiger partial charge >= 0.3 is 6.01 Å². The second-order valence-electron chi connectivity index (χ2n) is 11.6. The van der Waals surface area contributed by atoms with E-state index in [-0.39, 0.29) is 18.4 Å². The number of likely N-dealkylation sites (N-methyl/N-ethyl adjacent to an activating group) is 1. The minimum absolute atomic E-state index is 0.0889. The molecule has 214 valence electrons. The maximum atomic E-state index is 13.8. The van der Waals surface area contributed by atoms with Crippen molar-refractivity contribution in [1.29, 1.82) is 5.26 Å². The third kappa shape index (κ3) is 5.08. The van der Waals surface area contributed by atoms with E-state index in [1.54, 1.807) is 0 Å². The number of ether oxygens (including phenoxy) is 1. The highest BCUT2D eigenvalue weighted by Crippen LogP contribution is 2.48.